The van der Waals surface area contributed by atoms with E-state index in [0.29, 0.717) is 5.92 Å². The zero-order valence-electron chi connectivity index (χ0n) is 12.7. The van der Waals surface area contributed by atoms with Crippen molar-refractivity contribution in [3.05, 3.63) is 48.2 Å². The van der Waals surface area contributed by atoms with Crippen molar-refractivity contribution in [2.45, 2.75) is 34.1 Å². The number of carbonyl (C=O) groups is 1. The summed E-state index contributed by atoms with van der Waals surface area (Å²) in [6.45, 7) is 7.76. The molecule has 0 amide bonds. The lowest BCUT2D eigenvalue weighted by Crippen LogP contribution is -2.18. The van der Waals surface area contributed by atoms with Crippen molar-refractivity contribution in [1.82, 2.24) is 4.98 Å². The fraction of sp³-hybridized carbons (Fsp3) is 0.389. The van der Waals surface area contributed by atoms with Gasteiger partial charge < -0.3 is 4.98 Å². The number of hydrogen-bond donors (Lipinski definition) is 1. The predicted octanol–water partition coefficient (Wildman–Crippen LogP) is 4.52. The fourth-order valence-electron chi connectivity index (χ4n) is 2.24. The summed E-state index contributed by atoms with van der Waals surface area (Å²) in [7, 11) is 0. The molecule has 0 aliphatic rings. The van der Waals surface area contributed by atoms with Crippen LogP contribution in [0.15, 0.2) is 42.6 Å². The topological polar surface area (TPSA) is 32.9 Å². The summed E-state index contributed by atoms with van der Waals surface area (Å²) in [4.78, 5) is 14.8. The highest BCUT2D eigenvalue weighted by atomic mass is 16.1. The Balaban J connectivity index is 2.10. The van der Waals surface area contributed by atoms with E-state index >= 15 is 0 Å². The fourth-order valence-corrected chi connectivity index (χ4v) is 2.24. The summed E-state index contributed by atoms with van der Waals surface area (Å²) in [5.41, 5.74) is 2.15. The molecule has 0 saturated carbocycles. The second-order valence-electron chi connectivity index (χ2n) is 6.18. The number of fused-ring (bicyclic) bond motifs is 1. The molecule has 1 aromatic heterocycles. The minimum Gasteiger partial charge on any atom is -0.361 e. The number of Topliss-reactive ketones (excluding diaryl/α,β-unsaturated/α-hetero) is 1. The highest BCUT2D eigenvalue weighted by molar-refractivity contribution is 5.84. The van der Waals surface area contributed by atoms with Crippen molar-refractivity contribution in [3.63, 3.8) is 0 Å². The van der Waals surface area contributed by atoms with Crippen LogP contribution in [0.2, 0.25) is 0 Å². The van der Waals surface area contributed by atoms with Gasteiger partial charge in [0, 0.05) is 22.5 Å². The number of nitrogens with one attached hydrogen (secondary N) is 1. The minimum atomic E-state index is -0.367. The number of benzene rings is 1. The SMILES string of the molecule is CC(=O)C(C)(C)/C=C/[C@H](C)Cc1c[nH]c2ccccc12. The van der Waals surface area contributed by atoms with Gasteiger partial charge in [-0.2, -0.15) is 0 Å². The quantitative estimate of drug-likeness (QED) is 0.795. The van der Waals surface area contributed by atoms with E-state index < -0.39 is 0 Å². The molecule has 0 spiro atoms. The van der Waals surface area contributed by atoms with E-state index in [4.69, 9.17) is 0 Å². The smallest absolute Gasteiger partial charge is 0.139 e. The average Bonchev–Trinajstić information content (AvgIpc) is 2.80. The van der Waals surface area contributed by atoms with Crippen LogP contribution in [0.5, 0.6) is 0 Å². The van der Waals surface area contributed by atoms with Gasteiger partial charge in [-0.1, -0.05) is 37.3 Å². The summed E-state index contributed by atoms with van der Waals surface area (Å²) in [6.07, 6.45) is 7.26. The van der Waals surface area contributed by atoms with Crippen LogP contribution in [-0.2, 0) is 11.2 Å². The first kappa shape index (κ1) is 14.6. The minimum absolute atomic E-state index is 0.202. The first-order valence-electron chi connectivity index (χ1n) is 7.15. The molecule has 1 heterocycles. The van der Waals surface area contributed by atoms with E-state index in [1.54, 1.807) is 6.92 Å². The summed E-state index contributed by atoms with van der Waals surface area (Å²) in [5.74, 6) is 0.612. The lowest BCUT2D eigenvalue weighted by Gasteiger charge is -2.16. The highest BCUT2D eigenvalue weighted by Gasteiger charge is 2.19. The lowest BCUT2D eigenvalue weighted by molar-refractivity contribution is -0.122. The van der Waals surface area contributed by atoms with E-state index in [0.717, 1.165) is 6.42 Å². The Kier molecular flexibility index (Phi) is 4.12. The van der Waals surface area contributed by atoms with Crippen LogP contribution in [0.3, 0.4) is 0 Å². The summed E-state index contributed by atoms with van der Waals surface area (Å²) in [5, 5.41) is 1.29. The Hall–Kier alpha value is -1.83. The number of ketones is 1. The van der Waals surface area contributed by atoms with Crippen molar-refractivity contribution in [2.75, 3.05) is 0 Å². The zero-order chi connectivity index (χ0) is 14.8. The second kappa shape index (κ2) is 5.66. The van der Waals surface area contributed by atoms with Crippen molar-refractivity contribution < 1.29 is 4.79 Å². The first-order chi connectivity index (χ1) is 9.40. The van der Waals surface area contributed by atoms with Gasteiger partial charge in [-0.15, -0.1) is 0 Å². The maximum atomic E-state index is 11.5. The molecule has 1 atom stereocenters. The molecule has 2 rings (SSSR count). The van der Waals surface area contributed by atoms with Crippen LogP contribution in [-0.4, -0.2) is 10.8 Å². The lowest BCUT2D eigenvalue weighted by atomic mass is 9.87. The first-order valence-corrected chi connectivity index (χ1v) is 7.15. The number of allylic oxidation sites excluding steroid dienone is 2. The molecule has 1 N–H and O–H groups in total. The largest absolute Gasteiger partial charge is 0.361 e. The Morgan fingerprint density at radius 3 is 2.75 bits per heavy atom. The Bertz CT molecular complexity index is 634. The number of aromatic amines is 1. The molecule has 0 fully saturated rings. The summed E-state index contributed by atoms with van der Waals surface area (Å²) >= 11 is 0. The van der Waals surface area contributed by atoms with E-state index in [2.05, 4.69) is 42.4 Å². The van der Waals surface area contributed by atoms with Crippen LogP contribution in [0.1, 0.15) is 33.3 Å². The molecule has 2 heteroatoms. The normalized spacial score (nSPS) is 14.0. The zero-order valence-corrected chi connectivity index (χ0v) is 12.7. The third-order valence-corrected chi connectivity index (χ3v) is 3.97. The molecule has 0 unspecified atom stereocenters. The maximum Gasteiger partial charge on any atom is 0.139 e. The van der Waals surface area contributed by atoms with Gasteiger partial charge in [0.25, 0.3) is 0 Å². The van der Waals surface area contributed by atoms with Crippen LogP contribution in [0, 0.1) is 11.3 Å². The number of carbonyl (C=O) groups excluding carboxylic acids is 1. The van der Waals surface area contributed by atoms with Gasteiger partial charge in [-0.3, -0.25) is 4.79 Å². The van der Waals surface area contributed by atoms with Crippen molar-refractivity contribution >= 4 is 16.7 Å². The van der Waals surface area contributed by atoms with Gasteiger partial charge in [0.2, 0.25) is 0 Å². The van der Waals surface area contributed by atoms with Gasteiger partial charge in [0.05, 0.1) is 0 Å². The van der Waals surface area contributed by atoms with E-state index in [1.807, 2.05) is 26.0 Å². The third-order valence-electron chi connectivity index (χ3n) is 3.97. The number of rotatable bonds is 5. The van der Waals surface area contributed by atoms with Crippen molar-refractivity contribution in [1.29, 1.82) is 0 Å². The molecule has 0 aliphatic carbocycles. The van der Waals surface area contributed by atoms with E-state index in [9.17, 15) is 4.79 Å². The Morgan fingerprint density at radius 2 is 2.05 bits per heavy atom. The van der Waals surface area contributed by atoms with Gasteiger partial charge >= 0.3 is 0 Å². The van der Waals surface area contributed by atoms with E-state index in [1.165, 1.54) is 16.5 Å². The molecule has 0 bridgehead atoms. The third kappa shape index (κ3) is 3.19. The van der Waals surface area contributed by atoms with Crippen LogP contribution >= 0.6 is 0 Å². The molecule has 2 nitrogen and oxygen atoms in total. The van der Waals surface area contributed by atoms with Crippen LogP contribution in [0.4, 0.5) is 0 Å². The van der Waals surface area contributed by atoms with Crippen LogP contribution in [0.25, 0.3) is 10.9 Å². The Morgan fingerprint density at radius 1 is 1.35 bits per heavy atom. The van der Waals surface area contributed by atoms with E-state index in [-0.39, 0.29) is 11.2 Å². The second-order valence-corrected chi connectivity index (χ2v) is 6.18. The number of para-hydroxylation sites is 1. The molecule has 0 saturated heterocycles. The maximum absolute atomic E-state index is 11.5. The Labute approximate surface area is 120 Å². The molecule has 0 aliphatic heterocycles. The highest BCUT2D eigenvalue weighted by Crippen LogP contribution is 2.23. The van der Waals surface area contributed by atoms with Gasteiger partial charge in [0.15, 0.2) is 0 Å². The van der Waals surface area contributed by atoms with Crippen LogP contribution < -0.4 is 0 Å². The number of aromatic nitrogens is 1. The predicted molar refractivity (Wildman–Crippen MR) is 84.8 cm³/mol. The molecular formula is C18H23NO. The number of H-pyrrole nitrogens is 1. The van der Waals surface area contributed by atoms with Gasteiger partial charge in [0.1, 0.15) is 5.78 Å². The molecular weight excluding hydrogens is 246 g/mol. The van der Waals surface area contributed by atoms with Crippen molar-refractivity contribution in [2.24, 2.45) is 11.3 Å². The van der Waals surface area contributed by atoms with Gasteiger partial charge in [-0.05, 0) is 44.7 Å². The summed E-state index contributed by atoms with van der Waals surface area (Å²) in [6, 6.07) is 8.36. The van der Waals surface area contributed by atoms with Crippen molar-refractivity contribution in [3.8, 4) is 0 Å². The van der Waals surface area contributed by atoms with Gasteiger partial charge in [-0.25, -0.2) is 0 Å². The summed E-state index contributed by atoms with van der Waals surface area (Å²) < 4.78 is 0. The number of hydrogen-bond acceptors (Lipinski definition) is 1. The monoisotopic (exact) mass is 269 g/mol. The molecule has 0 radical (unpaired) electrons. The molecule has 20 heavy (non-hydrogen) atoms. The molecule has 106 valence electrons. The molecule has 1 aromatic carbocycles. The standard InChI is InChI=1S/C18H23NO/c1-13(9-10-18(3,4)14(2)20)11-15-12-19-17-8-6-5-7-16(15)17/h5-10,12-13,19H,11H2,1-4H3/b10-9+/t13-/m0/s1. The molecule has 2 aromatic rings. The average molecular weight is 269 g/mol.